The van der Waals surface area contributed by atoms with Gasteiger partial charge in [-0.15, -0.1) is 0 Å². The van der Waals surface area contributed by atoms with Crippen molar-refractivity contribution in [2.45, 2.75) is 20.3 Å². The minimum absolute atomic E-state index is 0.0946. The van der Waals surface area contributed by atoms with Crippen LogP contribution in [0.4, 0.5) is 5.82 Å². The van der Waals surface area contributed by atoms with E-state index >= 15 is 0 Å². The fourth-order valence-electron chi connectivity index (χ4n) is 1.05. The van der Waals surface area contributed by atoms with Crippen molar-refractivity contribution in [1.82, 2.24) is 10.3 Å². The van der Waals surface area contributed by atoms with Gasteiger partial charge in [-0.1, -0.05) is 20.3 Å². The zero-order chi connectivity index (χ0) is 11.3. The predicted octanol–water partition coefficient (Wildman–Crippen LogP) is 1.44. The monoisotopic (exact) mass is 207 g/mol. The second-order valence-electron chi connectivity index (χ2n) is 3.70. The van der Waals surface area contributed by atoms with Crippen LogP contribution in [0.5, 0.6) is 0 Å². The Labute approximate surface area is 89.9 Å². The molecule has 4 nitrogen and oxygen atoms in total. The van der Waals surface area contributed by atoms with Crippen LogP contribution in [-0.2, 0) is 0 Å². The first-order chi connectivity index (χ1) is 7.13. The highest BCUT2D eigenvalue weighted by molar-refractivity contribution is 5.93. The second-order valence-corrected chi connectivity index (χ2v) is 3.70. The van der Waals surface area contributed by atoms with E-state index in [1.807, 2.05) is 0 Å². The van der Waals surface area contributed by atoms with Crippen LogP contribution in [0.15, 0.2) is 18.3 Å². The first kappa shape index (κ1) is 11.5. The average molecular weight is 207 g/mol. The van der Waals surface area contributed by atoms with Crippen molar-refractivity contribution >= 4 is 11.7 Å². The van der Waals surface area contributed by atoms with Crippen molar-refractivity contribution in [1.29, 1.82) is 0 Å². The number of aromatic nitrogens is 1. The van der Waals surface area contributed by atoms with Crippen molar-refractivity contribution in [2.75, 3.05) is 12.3 Å². The Balaban J connectivity index is 2.50. The van der Waals surface area contributed by atoms with E-state index in [4.69, 9.17) is 5.73 Å². The molecule has 0 aromatic carbocycles. The molecule has 0 aliphatic carbocycles. The van der Waals surface area contributed by atoms with Crippen LogP contribution >= 0.6 is 0 Å². The minimum atomic E-state index is -0.0946. The highest BCUT2D eigenvalue weighted by Crippen LogP contribution is 2.02. The summed E-state index contributed by atoms with van der Waals surface area (Å²) in [4.78, 5) is 15.4. The zero-order valence-corrected chi connectivity index (χ0v) is 9.16. The maximum absolute atomic E-state index is 11.6. The second kappa shape index (κ2) is 5.34. The zero-order valence-electron chi connectivity index (χ0n) is 9.16. The summed E-state index contributed by atoms with van der Waals surface area (Å²) in [6.07, 6.45) is 2.54. The number of anilines is 1. The first-order valence-electron chi connectivity index (χ1n) is 5.13. The summed E-state index contributed by atoms with van der Waals surface area (Å²) in [6, 6.07) is 3.30. The smallest absolute Gasteiger partial charge is 0.252 e. The third-order valence-corrected chi connectivity index (χ3v) is 2.36. The predicted molar refractivity (Wildman–Crippen MR) is 60.4 cm³/mol. The van der Waals surface area contributed by atoms with Gasteiger partial charge in [-0.3, -0.25) is 4.79 Å². The number of nitrogens with two attached hydrogens (primary N) is 1. The Kier molecular flexibility index (Phi) is 4.09. The van der Waals surface area contributed by atoms with Crippen molar-refractivity contribution in [2.24, 2.45) is 5.92 Å². The molecule has 0 saturated heterocycles. The number of rotatable bonds is 4. The number of carbonyl (C=O) groups excluding carboxylic acids is 1. The molecule has 0 aliphatic rings. The molecule has 4 heteroatoms. The highest BCUT2D eigenvalue weighted by Gasteiger charge is 2.06. The summed E-state index contributed by atoms with van der Waals surface area (Å²) in [5, 5.41) is 2.85. The Morgan fingerprint density at radius 1 is 1.60 bits per heavy atom. The molecule has 0 saturated carbocycles. The van der Waals surface area contributed by atoms with E-state index in [1.54, 1.807) is 12.1 Å². The SMILES string of the molecule is CCC(C)CNC(=O)c1ccc(N)nc1. The molecular formula is C11H17N3O. The molecule has 0 radical (unpaired) electrons. The molecule has 1 atom stereocenters. The lowest BCUT2D eigenvalue weighted by Crippen LogP contribution is -2.28. The molecule has 15 heavy (non-hydrogen) atoms. The maximum Gasteiger partial charge on any atom is 0.252 e. The quantitative estimate of drug-likeness (QED) is 0.785. The largest absolute Gasteiger partial charge is 0.384 e. The number of nitrogen functional groups attached to an aromatic ring is 1. The van der Waals surface area contributed by atoms with Gasteiger partial charge in [0, 0.05) is 12.7 Å². The van der Waals surface area contributed by atoms with E-state index in [1.165, 1.54) is 6.20 Å². The molecule has 1 heterocycles. The molecule has 1 aromatic rings. The van der Waals surface area contributed by atoms with Gasteiger partial charge >= 0.3 is 0 Å². The van der Waals surface area contributed by atoms with Gasteiger partial charge in [0.05, 0.1) is 5.56 Å². The summed E-state index contributed by atoms with van der Waals surface area (Å²) in [7, 11) is 0. The fraction of sp³-hybridized carbons (Fsp3) is 0.455. The fourth-order valence-corrected chi connectivity index (χ4v) is 1.05. The molecule has 3 N–H and O–H groups in total. The molecule has 1 aromatic heterocycles. The number of hydrogen-bond donors (Lipinski definition) is 2. The molecule has 0 aliphatic heterocycles. The maximum atomic E-state index is 11.6. The number of nitrogens with one attached hydrogen (secondary N) is 1. The molecule has 0 spiro atoms. The van der Waals surface area contributed by atoms with Crippen molar-refractivity contribution < 1.29 is 4.79 Å². The van der Waals surface area contributed by atoms with E-state index in [2.05, 4.69) is 24.1 Å². The Morgan fingerprint density at radius 3 is 2.87 bits per heavy atom. The normalized spacial score (nSPS) is 12.1. The van der Waals surface area contributed by atoms with E-state index < -0.39 is 0 Å². The molecule has 0 bridgehead atoms. The van der Waals surface area contributed by atoms with Gasteiger partial charge in [-0.05, 0) is 18.1 Å². The van der Waals surface area contributed by atoms with Gasteiger partial charge in [0.2, 0.25) is 0 Å². The third-order valence-electron chi connectivity index (χ3n) is 2.36. The van der Waals surface area contributed by atoms with Gasteiger partial charge in [0.25, 0.3) is 5.91 Å². The van der Waals surface area contributed by atoms with Crippen molar-refractivity contribution in [3.63, 3.8) is 0 Å². The van der Waals surface area contributed by atoms with Crippen LogP contribution in [-0.4, -0.2) is 17.4 Å². The Bertz CT molecular complexity index is 321. The summed E-state index contributed by atoms with van der Waals surface area (Å²) < 4.78 is 0. The number of pyridine rings is 1. The number of amides is 1. The Hall–Kier alpha value is -1.58. The summed E-state index contributed by atoms with van der Waals surface area (Å²) in [5.74, 6) is 0.826. The van der Waals surface area contributed by atoms with Gasteiger partial charge in [-0.2, -0.15) is 0 Å². The van der Waals surface area contributed by atoms with Crippen LogP contribution < -0.4 is 11.1 Å². The van der Waals surface area contributed by atoms with E-state index in [0.717, 1.165) is 6.42 Å². The number of nitrogens with zero attached hydrogens (tertiary/aromatic N) is 1. The van der Waals surface area contributed by atoms with E-state index in [0.29, 0.717) is 23.8 Å². The lowest BCUT2D eigenvalue weighted by Gasteiger charge is -2.09. The molecule has 0 fully saturated rings. The van der Waals surface area contributed by atoms with Crippen LogP contribution in [0.1, 0.15) is 30.6 Å². The molecule has 1 amide bonds. The first-order valence-corrected chi connectivity index (χ1v) is 5.13. The Morgan fingerprint density at radius 2 is 2.33 bits per heavy atom. The summed E-state index contributed by atoms with van der Waals surface area (Å²) in [6.45, 7) is 4.89. The van der Waals surface area contributed by atoms with Gasteiger partial charge in [0.1, 0.15) is 5.82 Å². The minimum Gasteiger partial charge on any atom is -0.384 e. The van der Waals surface area contributed by atoms with Crippen molar-refractivity contribution in [3.8, 4) is 0 Å². The van der Waals surface area contributed by atoms with Crippen LogP contribution in [0.2, 0.25) is 0 Å². The van der Waals surface area contributed by atoms with Crippen LogP contribution in [0.25, 0.3) is 0 Å². The molecule has 1 unspecified atom stereocenters. The molecular weight excluding hydrogens is 190 g/mol. The van der Waals surface area contributed by atoms with E-state index in [9.17, 15) is 4.79 Å². The summed E-state index contributed by atoms with van der Waals surface area (Å²) in [5.41, 5.74) is 5.98. The molecule has 82 valence electrons. The topological polar surface area (TPSA) is 68.0 Å². The van der Waals surface area contributed by atoms with E-state index in [-0.39, 0.29) is 5.91 Å². The average Bonchev–Trinajstić information content (AvgIpc) is 2.26. The van der Waals surface area contributed by atoms with Gasteiger partial charge in [0.15, 0.2) is 0 Å². The van der Waals surface area contributed by atoms with Gasteiger partial charge < -0.3 is 11.1 Å². The highest BCUT2D eigenvalue weighted by atomic mass is 16.1. The summed E-state index contributed by atoms with van der Waals surface area (Å²) >= 11 is 0. The lowest BCUT2D eigenvalue weighted by atomic mass is 10.1. The standard InChI is InChI=1S/C11H17N3O/c1-3-8(2)6-14-11(15)9-4-5-10(12)13-7-9/h4-5,7-8H,3,6H2,1-2H3,(H2,12,13)(H,14,15). The molecule has 1 rings (SSSR count). The number of hydrogen-bond acceptors (Lipinski definition) is 3. The van der Waals surface area contributed by atoms with Crippen LogP contribution in [0.3, 0.4) is 0 Å². The van der Waals surface area contributed by atoms with Gasteiger partial charge in [-0.25, -0.2) is 4.98 Å². The third kappa shape index (κ3) is 3.58. The lowest BCUT2D eigenvalue weighted by molar-refractivity contribution is 0.0947. The number of carbonyl (C=O) groups is 1. The van der Waals surface area contributed by atoms with Crippen molar-refractivity contribution in [3.05, 3.63) is 23.9 Å². The van der Waals surface area contributed by atoms with Crippen LogP contribution in [0, 0.1) is 5.92 Å².